The zero-order valence-electron chi connectivity index (χ0n) is 11.4. The Bertz CT molecular complexity index is 336. The molecule has 2 rings (SSSR count). The first-order chi connectivity index (χ1) is 7.87. The number of aliphatic hydroxyl groups excluding tert-OH is 1. The van der Waals surface area contributed by atoms with Crippen LogP contribution in [0.3, 0.4) is 0 Å². The standard InChI is InChI=1S/C15H26O2/c1-12-5-9-13(2,10-6-12)14(3)7-4-8-15(14,17)11-16/h5,16-17H,4,6-11H2,1-3H3. The summed E-state index contributed by atoms with van der Waals surface area (Å²) in [7, 11) is 0. The molecule has 0 spiro atoms. The molecule has 17 heavy (non-hydrogen) atoms. The second kappa shape index (κ2) is 4.10. The van der Waals surface area contributed by atoms with Gasteiger partial charge in [-0.05, 0) is 50.9 Å². The van der Waals surface area contributed by atoms with Gasteiger partial charge >= 0.3 is 0 Å². The predicted octanol–water partition coefficient (Wildman–Crippen LogP) is 3.04. The lowest BCUT2D eigenvalue weighted by Gasteiger charge is -2.53. The Hall–Kier alpha value is -0.340. The number of hydrogen-bond acceptors (Lipinski definition) is 2. The van der Waals surface area contributed by atoms with E-state index in [9.17, 15) is 10.2 Å². The topological polar surface area (TPSA) is 40.5 Å². The highest BCUT2D eigenvalue weighted by molar-refractivity contribution is 5.15. The summed E-state index contributed by atoms with van der Waals surface area (Å²) in [6, 6.07) is 0. The molecule has 0 aromatic carbocycles. The first-order valence-corrected chi connectivity index (χ1v) is 6.86. The molecule has 2 N–H and O–H groups in total. The third-order valence-electron chi connectivity index (χ3n) is 5.86. The van der Waals surface area contributed by atoms with Crippen LogP contribution >= 0.6 is 0 Å². The van der Waals surface area contributed by atoms with E-state index in [-0.39, 0.29) is 17.4 Å². The minimum absolute atomic E-state index is 0.0954. The quantitative estimate of drug-likeness (QED) is 0.726. The summed E-state index contributed by atoms with van der Waals surface area (Å²) in [4.78, 5) is 0. The van der Waals surface area contributed by atoms with Crippen molar-refractivity contribution in [2.45, 2.75) is 64.9 Å². The van der Waals surface area contributed by atoms with E-state index in [0.717, 1.165) is 38.5 Å². The third-order valence-corrected chi connectivity index (χ3v) is 5.86. The minimum atomic E-state index is -0.874. The van der Waals surface area contributed by atoms with E-state index in [2.05, 4.69) is 26.8 Å². The maximum Gasteiger partial charge on any atom is 0.0935 e. The zero-order chi connectivity index (χ0) is 12.7. The molecule has 0 aliphatic heterocycles. The molecule has 0 aromatic rings. The van der Waals surface area contributed by atoms with E-state index in [0.29, 0.717) is 0 Å². The fraction of sp³-hybridized carbons (Fsp3) is 0.867. The first kappa shape index (κ1) is 13.1. The fourth-order valence-corrected chi connectivity index (χ4v) is 3.94. The Labute approximate surface area is 105 Å². The molecule has 0 aromatic heterocycles. The Morgan fingerprint density at radius 2 is 1.94 bits per heavy atom. The van der Waals surface area contributed by atoms with Gasteiger partial charge in [0.2, 0.25) is 0 Å². The van der Waals surface area contributed by atoms with Crippen molar-refractivity contribution in [3.63, 3.8) is 0 Å². The summed E-state index contributed by atoms with van der Waals surface area (Å²) in [5.74, 6) is 0. The van der Waals surface area contributed by atoms with Crippen molar-refractivity contribution < 1.29 is 10.2 Å². The van der Waals surface area contributed by atoms with Crippen molar-refractivity contribution >= 4 is 0 Å². The Balaban J connectivity index is 2.32. The van der Waals surface area contributed by atoms with Gasteiger partial charge < -0.3 is 10.2 Å². The predicted molar refractivity (Wildman–Crippen MR) is 69.7 cm³/mol. The molecule has 3 unspecified atom stereocenters. The maximum absolute atomic E-state index is 10.7. The summed E-state index contributed by atoms with van der Waals surface area (Å²) in [6.07, 6.45) is 8.45. The molecule has 2 heteroatoms. The lowest BCUT2D eigenvalue weighted by atomic mass is 9.54. The molecule has 98 valence electrons. The summed E-state index contributed by atoms with van der Waals surface area (Å²) in [5.41, 5.74) is 0.574. The van der Waals surface area contributed by atoms with Crippen molar-refractivity contribution in [1.82, 2.24) is 0 Å². The normalized spacial score (nSPS) is 47.0. The van der Waals surface area contributed by atoms with Crippen LogP contribution in [-0.2, 0) is 0 Å². The average molecular weight is 238 g/mol. The van der Waals surface area contributed by atoms with Crippen LogP contribution < -0.4 is 0 Å². The summed E-state index contributed by atoms with van der Waals surface area (Å²) >= 11 is 0. The molecule has 0 saturated heterocycles. The second-order valence-corrected chi connectivity index (χ2v) is 6.69. The van der Waals surface area contributed by atoms with Gasteiger partial charge in [-0.25, -0.2) is 0 Å². The van der Waals surface area contributed by atoms with Gasteiger partial charge in [0, 0.05) is 5.41 Å². The van der Waals surface area contributed by atoms with E-state index in [1.165, 1.54) is 5.57 Å². The molecule has 3 atom stereocenters. The molecule has 2 nitrogen and oxygen atoms in total. The van der Waals surface area contributed by atoms with E-state index in [4.69, 9.17) is 0 Å². The highest BCUT2D eigenvalue weighted by Gasteiger charge is 2.59. The molecule has 1 fully saturated rings. The second-order valence-electron chi connectivity index (χ2n) is 6.69. The van der Waals surface area contributed by atoms with Crippen molar-refractivity contribution in [3.8, 4) is 0 Å². The van der Waals surface area contributed by atoms with Gasteiger partial charge in [0.15, 0.2) is 0 Å². The van der Waals surface area contributed by atoms with Gasteiger partial charge in [0.05, 0.1) is 12.2 Å². The van der Waals surface area contributed by atoms with Crippen LogP contribution in [0.2, 0.25) is 0 Å². The molecule has 1 saturated carbocycles. The third kappa shape index (κ3) is 1.77. The van der Waals surface area contributed by atoms with Gasteiger partial charge in [-0.15, -0.1) is 0 Å². The van der Waals surface area contributed by atoms with Crippen LogP contribution in [0.15, 0.2) is 11.6 Å². The van der Waals surface area contributed by atoms with Crippen LogP contribution in [0.5, 0.6) is 0 Å². The monoisotopic (exact) mass is 238 g/mol. The minimum Gasteiger partial charge on any atom is -0.393 e. The molecule has 0 amide bonds. The molecule has 0 radical (unpaired) electrons. The molecule has 0 heterocycles. The van der Waals surface area contributed by atoms with Crippen LogP contribution in [-0.4, -0.2) is 22.4 Å². The fourth-order valence-electron chi connectivity index (χ4n) is 3.94. The van der Waals surface area contributed by atoms with Crippen molar-refractivity contribution in [3.05, 3.63) is 11.6 Å². The summed E-state index contributed by atoms with van der Waals surface area (Å²) < 4.78 is 0. The Kier molecular flexibility index (Phi) is 3.16. The van der Waals surface area contributed by atoms with Gasteiger partial charge in [0.25, 0.3) is 0 Å². The van der Waals surface area contributed by atoms with E-state index >= 15 is 0 Å². The first-order valence-electron chi connectivity index (χ1n) is 6.86. The van der Waals surface area contributed by atoms with Crippen LogP contribution in [0.4, 0.5) is 0 Å². The average Bonchev–Trinajstić information content (AvgIpc) is 2.62. The molecular weight excluding hydrogens is 212 g/mol. The van der Waals surface area contributed by atoms with Crippen molar-refractivity contribution in [2.24, 2.45) is 10.8 Å². The lowest BCUT2D eigenvalue weighted by molar-refractivity contribution is -0.146. The SMILES string of the molecule is CC1=CCC(C)(C2(C)CCCC2(O)CO)CC1. The highest BCUT2D eigenvalue weighted by atomic mass is 16.3. The Morgan fingerprint density at radius 3 is 2.47 bits per heavy atom. The van der Waals surface area contributed by atoms with E-state index in [1.807, 2.05) is 0 Å². The zero-order valence-corrected chi connectivity index (χ0v) is 11.4. The number of rotatable bonds is 2. The molecule has 2 aliphatic rings. The van der Waals surface area contributed by atoms with Gasteiger partial charge in [0.1, 0.15) is 0 Å². The van der Waals surface area contributed by atoms with Gasteiger partial charge in [-0.2, -0.15) is 0 Å². The molecule has 2 aliphatic carbocycles. The van der Waals surface area contributed by atoms with Gasteiger partial charge in [-0.1, -0.05) is 25.5 Å². The Morgan fingerprint density at radius 1 is 1.24 bits per heavy atom. The number of allylic oxidation sites excluding steroid dienone is 2. The van der Waals surface area contributed by atoms with Crippen LogP contribution in [0.25, 0.3) is 0 Å². The summed E-state index contributed by atoms with van der Waals surface area (Å²) in [6.45, 7) is 6.57. The highest BCUT2D eigenvalue weighted by Crippen LogP contribution is 2.61. The molecular formula is C15H26O2. The van der Waals surface area contributed by atoms with Gasteiger partial charge in [-0.3, -0.25) is 0 Å². The summed E-state index contributed by atoms with van der Waals surface area (Å²) in [5, 5.41) is 20.3. The van der Waals surface area contributed by atoms with E-state index < -0.39 is 5.60 Å². The van der Waals surface area contributed by atoms with Crippen molar-refractivity contribution in [1.29, 1.82) is 0 Å². The van der Waals surface area contributed by atoms with Crippen LogP contribution in [0.1, 0.15) is 59.3 Å². The van der Waals surface area contributed by atoms with Crippen LogP contribution in [0, 0.1) is 10.8 Å². The maximum atomic E-state index is 10.7. The van der Waals surface area contributed by atoms with Crippen molar-refractivity contribution in [2.75, 3.05) is 6.61 Å². The smallest absolute Gasteiger partial charge is 0.0935 e. The number of hydrogen-bond donors (Lipinski definition) is 2. The lowest BCUT2D eigenvalue weighted by Crippen LogP contribution is -2.54. The molecule has 0 bridgehead atoms. The largest absolute Gasteiger partial charge is 0.393 e. The number of aliphatic hydroxyl groups is 2. The van der Waals surface area contributed by atoms with E-state index in [1.54, 1.807) is 0 Å².